The van der Waals surface area contributed by atoms with Gasteiger partial charge in [-0.05, 0) is 38.5 Å². The van der Waals surface area contributed by atoms with Crippen molar-refractivity contribution in [1.82, 2.24) is 21.3 Å². The number of aliphatic carboxylic acids is 3. The zero-order valence-corrected chi connectivity index (χ0v) is 26.5. The Kier molecular flexibility index (Phi) is 23.0. The van der Waals surface area contributed by atoms with Gasteiger partial charge in [-0.25, -0.2) is 18.9 Å². The number of carboxylic acids is 3. The van der Waals surface area contributed by atoms with E-state index in [1.807, 2.05) is 5.32 Å². The van der Waals surface area contributed by atoms with Crippen molar-refractivity contribution >= 4 is 43.6 Å². The lowest BCUT2D eigenvalue weighted by atomic mass is 10.0. The Morgan fingerprint density at radius 3 is 1.65 bits per heavy atom. The largest absolute Gasteiger partial charge is 0.481 e. The summed E-state index contributed by atoms with van der Waals surface area (Å²) in [5, 5.41) is 45.9. The summed E-state index contributed by atoms with van der Waals surface area (Å²) in [7, 11) is -4.57. The first kappa shape index (κ1) is 42.6. The van der Waals surface area contributed by atoms with Crippen LogP contribution in [0.25, 0.3) is 0 Å². The summed E-state index contributed by atoms with van der Waals surface area (Å²) < 4.78 is 20.4. The molecule has 266 valence electrons. The first-order valence-electron chi connectivity index (χ1n) is 14.8. The molecule has 46 heavy (non-hydrogen) atoms. The molecule has 3 unspecified atom stereocenters. The van der Waals surface area contributed by atoms with Crippen LogP contribution in [0.3, 0.4) is 0 Å². The van der Waals surface area contributed by atoms with Gasteiger partial charge >= 0.3 is 31.8 Å². The molecule has 0 spiro atoms. The third kappa shape index (κ3) is 24.9. The van der Waals surface area contributed by atoms with Gasteiger partial charge in [-0.2, -0.15) is 0 Å². The third-order valence-electron chi connectivity index (χ3n) is 6.39. The van der Waals surface area contributed by atoms with Gasteiger partial charge < -0.3 is 56.2 Å². The number of aliphatic hydroxyl groups excluding tert-OH is 1. The molecular weight excluding hydrogens is 639 g/mol. The Morgan fingerprint density at radius 1 is 0.674 bits per heavy atom. The molecule has 19 nitrogen and oxygen atoms in total. The van der Waals surface area contributed by atoms with Crippen molar-refractivity contribution in [3.8, 4) is 0 Å². The molecule has 0 aromatic rings. The number of hydrogen-bond donors (Lipinski definition) is 10. The van der Waals surface area contributed by atoms with Gasteiger partial charge in [0, 0.05) is 44.9 Å². The Morgan fingerprint density at radius 2 is 1.17 bits per heavy atom. The Bertz CT molecular complexity index is 1010. The van der Waals surface area contributed by atoms with E-state index in [0.29, 0.717) is 38.6 Å². The molecule has 0 heterocycles. The van der Waals surface area contributed by atoms with Gasteiger partial charge in [-0.1, -0.05) is 12.8 Å². The lowest BCUT2D eigenvalue weighted by Gasteiger charge is -2.18. The highest BCUT2D eigenvalue weighted by Gasteiger charge is 2.25. The van der Waals surface area contributed by atoms with Crippen molar-refractivity contribution in [2.45, 2.75) is 82.7 Å². The van der Waals surface area contributed by atoms with Crippen molar-refractivity contribution < 1.29 is 72.8 Å². The van der Waals surface area contributed by atoms with Crippen LogP contribution in [0, 0.1) is 5.92 Å². The minimum Gasteiger partial charge on any atom is -0.481 e. The van der Waals surface area contributed by atoms with Crippen LogP contribution in [0.1, 0.15) is 70.6 Å². The van der Waals surface area contributed by atoms with E-state index in [1.54, 1.807) is 0 Å². The zero-order valence-electron chi connectivity index (χ0n) is 25.6. The number of unbranched alkanes of at least 4 members (excludes halogenated alkanes) is 3. The quantitative estimate of drug-likeness (QED) is 0.0368. The Hall–Kier alpha value is -3.35. The second-order valence-corrected chi connectivity index (χ2v) is 11.6. The number of phosphoric acid groups is 1. The fraction of sp³-hybridized carbons (Fsp3) is 0.769. The lowest BCUT2D eigenvalue weighted by molar-refractivity contribution is -0.141. The van der Waals surface area contributed by atoms with E-state index < -0.39 is 50.3 Å². The van der Waals surface area contributed by atoms with Gasteiger partial charge in [0.2, 0.25) is 11.8 Å². The highest BCUT2D eigenvalue weighted by atomic mass is 31.2. The number of aliphatic hydroxyl groups is 1. The maximum Gasteiger partial charge on any atom is 0.469 e. The summed E-state index contributed by atoms with van der Waals surface area (Å²) in [6.07, 6.45) is 2.58. The maximum absolute atomic E-state index is 12.0. The van der Waals surface area contributed by atoms with Gasteiger partial charge in [0.15, 0.2) is 0 Å². The summed E-state index contributed by atoms with van der Waals surface area (Å²) in [4.78, 5) is 86.5. The molecule has 0 aromatic carbocycles. The molecule has 0 saturated carbocycles. The number of hydrogen-bond acceptors (Lipinski definition) is 10. The number of amides is 4. The number of carbonyl (C=O) groups excluding carboxylic acids is 3. The number of rotatable bonds is 28. The van der Waals surface area contributed by atoms with E-state index in [1.165, 1.54) is 0 Å². The highest BCUT2D eigenvalue weighted by molar-refractivity contribution is 7.46. The van der Waals surface area contributed by atoms with Crippen molar-refractivity contribution in [3.05, 3.63) is 0 Å². The van der Waals surface area contributed by atoms with Crippen LogP contribution >= 0.6 is 7.82 Å². The monoisotopic (exact) mass is 686 g/mol. The van der Waals surface area contributed by atoms with E-state index in [0.717, 1.165) is 6.42 Å². The van der Waals surface area contributed by atoms with Gasteiger partial charge in [-0.3, -0.25) is 18.9 Å². The van der Waals surface area contributed by atoms with Crippen LogP contribution in [0.4, 0.5) is 4.79 Å². The number of phosphoric ester groups is 1. The number of urea groups is 1. The van der Waals surface area contributed by atoms with Gasteiger partial charge in [-0.15, -0.1) is 0 Å². The molecule has 10 N–H and O–H groups in total. The highest BCUT2D eigenvalue weighted by Crippen LogP contribution is 2.36. The maximum atomic E-state index is 12.0. The van der Waals surface area contributed by atoms with E-state index >= 15 is 0 Å². The fourth-order valence-electron chi connectivity index (χ4n) is 3.84. The summed E-state index contributed by atoms with van der Waals surface area (Å²) in [6.45, 7) is 0.367. The smallest absolute Gasteiger partial charge is 0.469 e. The average Bonchev–Trinajstić information content (AvgIpc) is 2.96. The second kappa shape index (κ2) is 24.8. The predicted octanol–water partition coefficient (Wildman–Crippen LogP) is -0.465. The van der Waals surface area contributed by atoms with Crippen LogP contribution in [0.2, 0.25) is 0 Å². The molecular formula is C26H47N4O15P. The molecule has 0 bridgehead atoms. The molecule has 0 saturated heterocycles. The number of nitrogens with one attached hydrogen (secondary N) is 4. The zero-order chi connectivity index (χ0) is 35.0. The van der Waals surface area contributed by atoms with Crippen LogP contribution in [-0.4, -0.2) is 118 Å². The second-order valence-electron chi connectivity index (χ2n) is 10.3. The average molecular weight is 687 g/mol. The molecule has 0 aliphatic rings. The van der Waals surface area contributed by atoms with Crippen LogP contribution in [0.15, 0.2) is 0 Å². The summed E-state index contributed by atoms with van der Waals surface area (Å²) >= 11 is 0. The molecule has 0 radical (unpaired) electrons. The first-order valence-corrected chi connectivity index (χ1v) is 16.3. The Balaban J connectivity index is 3.95. The van der Waals surface area contributed by atoms with Crippen molar-refractivity contribution in [1.29, 1.82) is 0 Å². The van der Waals surface area contributed by atoms with Gasteiger partial charge in [0.25, 0.3) is 0 Å². The van der Waals surface area contributed by atoms with E-state index in [9.17, 15) is 43.5 Å². The summed E-state index contributed by atoms with van der Waals surface area (Å²) in [5.41, 5.74) is 0. The fourth-order valence-corrected chi connectivity index (χ4v) is 4.25. The molecule has 4 amide bonds. The first-order chi connectivity index (χ1) is 21.6. The van der Waals surface area contributed by atoms with Gasteiger partial charge in [0.05, 0.1) is 19.8 Å². The van der Waals surface area contributed by atoms with Crippen LogP contribution in [-0.2, 0) is 37.8 Å². The molecule has 0 aliphatic carbocycles. The van der Waals surface area contributed by atoms with Crippen molar-refractivity contribution in [2.24, 2.45) is 5.92 Å². The van der Waals surface area contributed by atoms with Crippen LogP contribution < -0.4 is 21.3 Å². The number of carboxylic acid groups (broad SMARTS) is 3. The minimum atomic E-state index is -4.57. The molecule has 0 aromatic heterocycles. The number of carbonyl (C=O) groups is 6. The van der Waals surface area contributed by atoms with E-state index in [-0.39, 0.29) is 76.4 Å². The van der Waals surface area contributed by atoms with Crippen LogP contribution in [0.5, 0.6) is 0 Å². The minimum absolute atomic E-state index is 0.00190. The van der Waals surface area contributed by atoms with Crippen molar-refractivity contribution in [2.75, 3.05) is 39.5 Å². The number of ether oxygens (including phenoxy) is 1. The Labute approximate surface area is 266 Å². The third-order valence-corrected chi connectivity index (χ3v) is 6.88. The normalized spacial score (nSPS) is 13.2. The predicted molar refractivity (Wildman–Crippen MR) is 158 cm³/mol. The van der Waals surface area contributed by atoms with E-state index in [4.69, 9.17) is 24.7 Å². The molecule has 0 rings (SSSR count). The standard InChI is InChI=1S/C26H47N4O15P/c31-16-18(17-45-46(41,42)43)6-2-1-4-12-27-21(32)10-14-44-15-11-22(33)28-13-5-3-7-19(24(36)37)29-26(40)30-20(25(38)39)8-9-23(34)35/h18-20,31H,1-17H2,(H,27,32)(H,28,33)(H,34,35)(H,36,37)(H,38,39)(H2,29,30,40)(H2,41,42,43). The SMILES string of the molecule is O=C(O)CCC(NC(=O)NC(CCCCNC(=O)CCOCCC(=O)NCCCCCC(CO)COP(=O)(O)O)C(=O)O)C(=O)O. The molecule has 3 atom stereocenters. The summed E-state index contributed by atoms with van der Waals surface area (Å²) in [6, 6.07) is -3.89. The van der Waals surface area contributed by atoms with Gasteiger partial charge in [0.1, 0.15) is 12.1 Å². The molecule has 0 aliphatic heterocycles. The lowest BCUT2D eigenvalue weighted by Crippen LogP contribution is -2.51. The molecule has 0 fully saturated rings. The summed E-state index contributed by atoms with van der Waals surface area (Å²) in [5.74, 6) is -4.97. The van der Waals surface area contributed by atoms with E-state index in [2.05, 4.69) is 20.5 Å². The van der Waals surface area contributed by atoms with Crippen molar-refractivity contribution in [3.63, 3.8) is 0 Å². The topological polar surface area (TPSA) is 307 Å². The molecule has 20 heteroatoms.